The maximum Gasteiger partial charge on any atom is 0.316 e. The number of unbranched alkanes of at least 4 members (excludes halogenated alkanes) is 3. The lowest BCUT2D eigenvalue weighted by molar-refractivity contribution is 0.281. The summed E-state index contributed by atoms with van der Waals surface area (Å²) in [6.45, 7) is 3.30. The summed E-state index contributed by atoms with van der Waals surface area (Å²) >= 11 is 0. The third-order valence-corrected chi connectivity index (χ3v) is 2.13. The zero-order valence-electron chi connectivity index (χ0n) is 9.28. The van der Waals surface area contributed by atoms with Gasteiger partial charge in [0.2, 0.25) is 0 Å². The van der Waals surface area contributed by atoms with E-state index in [4.69, 9.17) is 10.5 Å². The first-order valence-electron chi connectivity index (χ1n) is 5.51. The number of hydrogen-bond acceptors (Lipinski definition) is 4. The average Bonchev–Trinajstić information content (AvgIpc) is 2.29. The van der Waals surface area contributed by atoms with Crippen LogP contribution in [0.3, 0.4) is 0 Å². The largest absolute Gasteiger partial charge is 0.463 e. The van der Waals surface area contributed by atoms with Gasteiger partial charge >= 0.3 is 6.01 Å². The highest BCUT2D eigenvalue weighted by Gasteiger charge is 1.98. The lowest BCUT2D eigenvalue weighted by Crippen LogP contribution is -2.05. The Morgan fingerprint density at radius 2 is 2.20 bits per heavy atom. The fourth-order valence-corrected chi connectivity index (χ4v) is 1.25. The molecule has 4 nitrogen and oxygen atoms in total. The summed E-state index contributed by atoms with van der Waals surface area (Å²) in [4.78, 5) is 8.17. The molecule has 0 aliphatic heterocycles. The molecule has 1 aromatic rings. The van der Waals surface area contributed by atoms with Crippen LogP contribution in [0.2, 0.25) is 0 Å². The van der Waals surface area contributed by atoms with Crippen LogP contribution in [0.4, 0.5) is 0 Å². The molecule has 0 saturated carbocycles. The van der Waals surface area contributed by atoms with Crippen molar-refractivity contribution in [3.05, 3.63) is 18.0 Å². The standard InChI is InChI=1S/C11H19N3O/c1-2-3-4-5-8-15-11-13-7-6-10(9-12)14-11/h6-7H,2-5,8-9,12H2,1H3. The Morgan fingerprint density at radius 3 is 2.93 bits per heavy atom. The lowest BCUT2D eigenvalue weighted by Gasteiger charge is -2.04. The molecule has 1 rings (SSSR count). The van der Waals surface area contributed by atoms with Crippen molar-refractivity contribution in [1.82, 2.24) is 9.97 Å². The Kier molecular flexibility index (Phi) is 5.70. The maximum atomic E-state index is 5.47. The molecule has 84 valence electrons. The number of hydrogen-bond donors (Lipinski definition) is 1. The molecule has 4 heteroatoms. The number of rotatable bonds is 7. The zero-order valence-corrected chi connectivity index (χ0v) is 9.28. The van der Waals surface area contributed by atoms with Gasteiger partial charge < -0.3 is 10.5 Å². The van der Waals surface area contributed by atoms with Gasteiger partial charge in [0.05, 0.1) is 12.3 Å². The Labute approximate surface area is 90.9 Å². The predicted molar refractivity (Wildman–Crippen MR) is 59.6 cm³/mol. The highest BCUT2D eigenvalue weighted by Crippen LogP contribution is 2.04. The van der Waals surface area contributed by atoms with E-state index in [0.29, 0.717) is 19.2 Å². The number of ether oxygens (including phenoxy) is 1. The molecule has 15 heavy (non-hydrogen) atoms. The van der Waals surface area contributed by atoms with Crippen LogP contribution in [0, 0.1) is 0 Å². The van der Waals surface area contributed by atoms with E-state index in [-0.39, 0.29) is 0 Å². The second-order valence-electron chi connectivity index (χ2n) is 3.44. The molecule has 0 unspecified atom stereocenters. The van der Waals surface area contributed by atoms with Crippen LogP contribution < -0.4 is 10.5 Å². The van der Waals surface area contributed by atoms with Gasteiger partial charge in [0.25, 0.3) is 0 Å². The van der Waals surface area contributed by atoms with Crippen molar-refractivity contribution in [2.45, 2.75) is 39.2 Å². The van der Waals surface area contributed by atoms with Crippen molar-refractivity contribution in [2.24, 2.45) is 5.73 Å². The van der Waals surface area contributed by atoms with Gasteiger partial charge in [-0.15, -0.1) is 0 Å². The van der Waals surface area contributed by atoms with Gasteiger partial charge in [0, 0.05) is 12.7 Å². The maximum absolute atomic E-state index is 5.47. The van der Waals surface area contributed by atoms with Crippen molar-refractivity contribution in [1.29, 1.82) is 0 Å². The minimum Gasteiger partial charge on any atom is -0.463 e. The van der Waals surface area contributed by atoms with Gasteiger partial charge in [0.15, 0.2) is 0 Å². The van der Waals surface area contributed by atoms with Crippen LogP contribution in [-0.4, -0.2) is 16.6 Å². The third-order valence-electron chi connectivity index (χ3n) is 2.13. The van der Waals surface area contributed by atoms with Crippen LogP contribution >= 0.6 is 0 Å². The minimum absolute atomic E-state index is 0.425. The fraction of sp³-hybridized carbons (Fsp3) is 0.636. The number of nitrogens with zero attached hydrogens (tertiary/aromatic N) is 2. The third kappa shape index (κ3) is 4.74. The first-order chi connectivity index (χ1) is 7.36. The van der Waals surface area contributed by atoms with Gasteiger partial charge in [-0.2, -0.15) is 4.98 Å². The summed E-state index contributed by atoms with van der Waals surface area (Å²) in [5.74, 6) is 0. The molecule has 1 aromatic heterocycles. The molecule has 0 saturated heterocycles. The predicted octanol–water partition coefficient (Wildman–Crippen LogP) is 1.89. The van der Waals surface area contributed by atoms with Gasteiger partial charge in [-0.25, -0.2) is 4.98 Å². The van der Waals surface area contributed by atoms with E-state index in [9.17, 15) is 0 Å². The van der Waals surface area contributed by atoms with Gasteiger partial charge in [-0.3, -0.25) is 0 Å². The lowest BCUT2D eigenvalue weighted by atomic mass is 10.2. The van der Waals surface area contributed by atoms with Crippen molar-refractivity contribution in [3.63, 3.8) is 0 Å². The van der Waals surface area contributed by atoms with Crippen molar-refractivity contribution < 1.29 is 4.74 Å². The molecule has 0 radical (unpaired) electrons. The van der Waals surface area contributed by atoms with E-state index in [1.807, 2.05) is 0 Å². The second kappa shape index (κ2) is 7.17. The topological polar surface area (TPSA) is 61.0 Å². The number of aromatic nitrogens is 2. The van der Waals surface area contributed by atoms with E-state index in [0.717, 1.165) is 12.1 Å². The molecular weight excluding hydrogens is 190 g/mol. The Morgan fingerprint density at radius 1 is 1.33 bits per heavy atom. The van der Waals surface area contributed by atoms with Crippen LogP contribution in [0.25, 0.3) is 0 Å². The van der Waals surface area contributed by atoms with Gasteiger partial charge in [-0.05, 0) is 12.5 Å². The molecule has 0 aliphatic rings. The summed E-state index contributed by atoms with van der Waals surface area (Å²) in [5.41, 5.74) is 6.28. The van der Waals surface area contributed by atoms with Crippen LogP contribution in [0.5, 0.6) is 6.01 Å². The number of nitrogens with two attached hydrogens (primary N) is 1. The Hall–Kier alpha value is -1.16. The van der Waals surface area contributed by atoms with Gasteiger partial charge in [0.1, 0.15) is 0 Å². The van der Waals surface area contributed by atoms with Gasteiger partial charge in [-0.1, -0.05) is 26.2 Å². The summed E-state index contributed by atoms with van der Waals surface area (Å²) < 4.78 is 5.42. The Bertz CT molecular complexity index is 278. The summed E-state index contributed by atoms with van der Waals surface area (Å²) in [6, 6.07) is 2.23. The highest BCUT2D eigenvalue weighted by molar-refractivity contribution is 5.04. The highest BCUT2D eigenvalue weighted by atomic mass is 16.5. The zero-order chi connectivity index (χ0) is 10.9. The first-order valence-corrected chi connectivity index (χ1v) is 5.51. The van der Waals surface area contributed by atoms with E-state index >= 15 is 0 Å². The van der Waals surface area contributed by atoms with E-state index in [2.05, 4.69) is 16.9 Å². The molecule has 0 fully saturated rings. The van der Waals surface area contributed by atoms with Crippen LogP contribution in [0.1, 0.15) is 38.3 Å². The SMILES string of the molecule is CCCCCCOc1nccc(CN)n1. The fourth-order valence-electron chi connectivity index (χ4n) is 1.25. The van der Waals surface area contributed by atoms with Crippen LogP contribution in [0.15, 0.2) is 12.3 Å². The molecule has 0 spiro atoms. The molecule has 0 bridgehead atoms. The summed E-state index contributed by atoms with van der Waals surface area (Å²) in [7, 11) is 0. The molecule has 0 aromatic carbocycles. The van der Waals surface area contributed by atoms with Crippen LogP contribution in [-0.2, 0) is 6.54 Å². The van der Waals surface area contributed by atoms with E-state index < -0.39 is 0 Å². The van der Waals surface area contributed by atoms with Crippen molar-refractivity contribution in [3.8, 4) is 6.01 Å². The van der Waals surface area contributed by atoms with E-state index in [1.54, 1.807) is 12.3 Å². The summed E-state index contributed by atoms with van der Waals surface area (Å²) in [6.07, 6.45) is 6.43. The molecule has 0 aliphatic carbocycles. The van der Waals surface area contributed by atoms with E-state index in [1.165, 1.54) is 19.3 Å². The average molecular weight is 209 g/mol. The molecule has 0 amide bonds. The molecule has 1 heterocycles. The smallest absolute Gasteiger partial charge is 0.316 e. The van der Waals surface area contributed by atoms with Crippen molar-refractivity contribution in [2.75, 3.05) is 6.61 Å². The second-order valence-corrected chi connectivity index (χ2v) is 3.44. The molecule has 2 N–H and O–H groups in total. The minimum atomic E-state index is 0.425. The van der Waals surface area contributed by atoms with Crippen molar-refractivity contribution >= 4 is 0 Å². The normalized spacial score (nSPS) is 10.3. The summed E-state index contributed by atoms with van der Waals surface area (Å²) in [5, 5.41) is 0. The Balaban J connectivity index is 2.24. The first kappa shape index (κ1) is 11.9. The molecular formula is C11H19N3O. The quantitative estimate of drug-likeness (QED) is 0.697. The monoisotopic (exact) mass is 209 g/mol. The molecule has 0 atom stereocenters.